The first kappa shape index (κ1) is 20.0. The zero-order chi connectivity index (χ0) is 20.4. The molecule has 2 N–H and O–H groups in total. The van der Waals surface area contributed by atoms with Crippen molar-refractivity contribution in [2.75, 3.05) is 0 Å². The minimum absolute atomic E-state index is 0.115. The number of hydrogen-bond acceptors (Lipinski definition) is 5. The first-order valence-electron chi connectivity index (χ1n) is 8.95. The topological polar surface area (TPSA) is 97.0 Å². The average molecular weight is 401 g/mol. The van der Waals surface area contributed by atoms with Crippen molar-refractivity contribution in [2.45, 2.75) is 44.2 Å². The Morgan fingerprint density at radius 3 is 2.07 bits per heavy atom. The number of nitrogens with zero attached hydrogens (tertiary/aromatic N) is 2. The molecule has 0 fully saturated rings. The molecular weight excluding hydrogens is 376 g/mol. The molecule has 0 aliphatic heterocycles. The average Bonchev–Trinajstić information content (AvgIpc) is 3.17. The van der Waals surface area contributed by atoms with Crippen LogP contribution in [0.5, 0.6) is 5.75 Å². The van der Waals surface area contributed by atoms with Crippen LogP contribution in [0, 0.1) is 0 Å². The molecular formula is C20H24N4O3S. The predicted octanol–water partition coefficient (Wildman–Crippen LogP) is 3.47. The van der Waals surface area contributed by atoms with E-state index in [2.05, 4.69) is 20.1 Å². The molecule has 1 aromatic heterocycles. The van der Waals surface area contributed by atoms with Crippen LogP contribution in [-0.2, 0) is 15.6 Å². The number of nitrogens with one attached hydrogen (secondary N) is 2. The van der Waals surface area contributed by atoms with Crippen molar-refractivity contribution in [3.8, 4) is 16.9 Å². The van der Waals surface area contributed by atoms with Gasteiger partial charge in [-0.05, 0) is 63.1 Å². The monoisotopic (exact) mass is 400 g/mol. The lowest BCUT2D eigenvalue weighted by atomic mass is 10.0. The fourth-order valence-electron chi connectivity index (χ4n) is 2.77. The second-order valence-corrected chi connectivity index (χ2v) is 8.98. The molecule has 0 aliphatic rings. The number of aromatic nitrogens is 3. The summed E-state index contributed by atoms with van der Waals surface area (Å²) < 4.78 is 33.8. The van der Waals surface area contributed by atoms with Crippen LogP contribution >= 0.6 is 0 Å². The highest BCUT2D eigenvalue weighted by atomic mass is 32.2. The van der Waals surface area contributed by atoms with E-state index in [-0.39, 0.29) is 11.0 Å². The standard InChI is InChI=1S/C20H24N4O3S/c1-14(2)27-17-9-5-15(6-10-17)16-7-11-18(12-8-16)28(25,26)23-20(3,4)19-13-21-24-22-19/h5-14,23H,1-4H3,(H,21,22,24). The first-order chi connectivity index (χ1) is 13.2. The second kappa shape index (κ2) is 7.73. The van der Waals surface area contributed by atoms with Crippen LogP contribution in [0.3, 0.4) is 0 Å². The maximum absolute atomic E-state index is 12.8. The van der Waals surface area contributed by atoms with Gasteiger partial charge >= 0.3 is 0 Å². The van der Waals surface area contributed by atoms with E-state index in [0.717, 1.165) is 16.9 Å². The molecule has 28 heavy (non-hydrogen) atoms. The third kappa shape index (κ3) is 4.58. The van der Waals surface area contributed by atoms with Gasteiger partial charge in [-0.1, -0.05) is 24.3 Å². The molecule has 7 nitrogen and oxygen atoms in total. The molecule has 0 amide bonds. The quantitative estimate of drug-likeness (QED) is 0.633. The van der Waals surface area contributed by atoms with E-state index in [1.165, 1.54) is 6.20 Å². The molecule has 148 valence electrons. The molecule has 2 aromatic carbocycles. The lowest BCUT2D eigenvalue weighted by Crippen LogP contribution is -2.41. The van der Waals surface area contributed by atoms with Gasteiger partial charge in [0.15, 0.2) is 0 Å². The zero-order valence-corrected chi connectivity index (χ0v) is 17.1. The molecule has 0 saturated heterocycles. The van der Waals surface area contributed by atoms with E-state index in [9.17, 15) is 8.42 Å². The summed E-state index contributed by atoms with van der Waals surface area (Å²) in [5.74, 6) is 0.803. The van der Waals surface area contributed by atoms with E-state index in [1.807, 2.05) is 38.1 Å². The van der Waals surface area contributed by atoms with Crippen LogP contribution in [0.15, 0.2) is 59.6 Å². The van der Waals surface area contributed by atoms with Gasteiger partial charge in [0.1, 0.15) is 11.4 Å². The van der Waals surface area contributed by atoms with Crippen molar-refractivity contribution in [2.24, 2.45) is 0 Å². The molecule has 3 aromatic rings. The summed E-state index contributed by atoms with van der Waals surface area (Å²) in [6.07, 6.45) is 1.61. The molecule has 3 rings (SSSR count). The molecule has 0 radical (unpaired) electrons. The number of benzene rings is 2. The Morgan fingerprint density at radius 2 is 1.57 bits per heavy atom. The fraction of sp³-hybridized carbons (Fsp3) is 0.300. The molecule has 0 bridgehead atoms. The Hall–Kier alpha value is -2.71. The van der Waals surface area contributed by atoms with Crippen LogP contribution in [0.4, 0.5) is 0 Å². The number of hydrogen-bond donors (Lipinski definition) is 2. The van der Waals surface area contributed by atoms with Gasteiger partial charge in [-0.2, -0.15) is 20.1 Å². The van der Waals surface area contributed by atoms with Crippen molar-refractivity contribution in [1.29, 1.82) is 0 Å². The summed E-state index contributed by atoms with van der Waals surface area (Å²) in [4.78, 5) is 0.188. The van der Waals surface area contributed by atoms with Gasteiger partial charge in [-0.15, -0.1) is 0 Å². The van der Waals surface area contributed by atoms with Gasteiger partial charge in [-0.3, -0.25) is 0 Å². The fourth-order valence-corrected chi connectivity index (χ4v) is 4.16. The Balaban J connectivity index is 1.78. The summed E-state index contributed by atoms with van der Waals surface area (Å²) in [6.45, 7) is 7.42. The van der Waals surface area contributed by atoms with Gasteiger partial charge in [0, 0.05) is 0 Å². The van der Waals surface area contributed by atoms with Crippen LogP contribution in [0.2, 0.25) is 0 Å². The Morgan fingerprint density at radius 1 is 1.00 bits per heavy atom. The summed E-state index contributed by atoms with van der Waals surface area (Å²) in [6, 6.07) is 14.5. The molecule has 0 spiro atoms. The summed E-state index contributed by atoms with van der Waals surface area (Å²) in [5.41, 5.74) is 1.52. The molecule has 0 saturated carbocycles. The molecule has 1 heterocycles. The highest BCUT2D eigenvalue weighted by Gasteiger charge is 2.30. The van der Waals surface area contributed by atoms with Crippen LogP contribution in [0.25, 0.3) is 11.1 Å². The van der Waals surface area contributed by atoms with E-state index in [1.54, 1.807) is 38.1 Å². The molecule has 0 atom stereocenters. The lowest BCUT2D eigenvalue weighted by Gasteiger charge is -2.23. The summed E-state index contributed by atoms with van der Waals surface area (Å²) in [5, 5.41) is 10.2. The Bertz CT molecular complexity index is 1010. The van der Waals surface area contributed by atoms with Crippen LogP contribution in [-0.4, -0.2) is 29.9 Å². The maximum atomic E-state index is 12.8. The lowest BCUT2D eigenvalue weighted by molar-refractivity contribution is 0.242. The van der Waals surface area contributed by atoms with E-state index in [0.29, 0.717) is 5.69 Å². The number of H-pyrrole nitrogens is 1. The van der Waals surface area contributed by atoms with E-state index < -0.39 is 15.6 Å². The van der Waals surface area contributed by atoms with Crippen LogP contribution in [0.1, 0.15) is 33.4 Å². The zero-order valence-electron chi connectivity index (χ0n) is 16.3. The molecule has 0 aliphatic carbocycles. The molecule has 0 unspecified atom stereocenters. The predicted molar refractivity (Wildman–Crippen MR) is 107 cm³/mol. The van der Waals surface area contributed by atoms with Crippen molar-refractivity contribution >= 4 is 10.0 Å². The minimum Gasteiger partial charge on any atom is -0.491 e. The van der Waals surface area contributed by atoms with Crippen molar-refractivity contribution in [1.82, 2.24) is 20.1 Å². The van der Waals surface area contributed by atoms with Gasteiger partial charge in [0.2, 0.25) is 10.0 Å². The smallest absolute Gasteiger partial charge is 0.241 e. The number of sulfonamides is 1. The highest BCUT2D eigenvalue weighted by Crippen LogP contribution is 2.25. The van der Waals surface area contributed by atoms with Gasteiger partial charge in [0.05, 0.1) is 22.7 Å². The van der Waals surface area contributed by atoms with Gasteiger partial charge in [0.25, 0.3) is 0 Å². The third-order valence-corrected chi connectivity index (χ3v) is 5.84. The van der Waals surface area contributed by atoms with Gasteiger partial charge in [-0.25, -0.2) is 8.42 Å². The highest BCUT2D eigenvalue weighted by molar-refractivity contribution is 7.89. The Labute approximate surface area is 165 Å². The largest absolute Gasteiger partial charge is 0.491 e. The maximum Gasteiger partial charge on any atom is 0.241 e. The number of rotatable bonds is 7. The Kier molecular flexibility index (Phi) is 5.53. The van der Waals surface area contributed by atoms with E-state index >= 15 is 0 Å². The normalized spacial score (nSPS) is 12.3. The number of ether oxygens (including phenoxy) is 1. The van der Waals surface area contributed by atoms with Crippen LogP contribution < -0.4 is 9.46 Å². The van der Waals surface area contributed by atoms with Crippen molar-refractivity contribution in [3.63, 3.8) is 0 Å². The molecule has 8 heteroatoms. The summed E-state index contributed by atoms with van der Waals surface area (Å²) in [7, 11) is -3.71. The second-order valence-electron chi connectivity index (χ2n) is 7.30. The van der Waals surface area contributed by atoms with Crippen molar-refractivity contribution < 1.29 is 13.2 Å². The van der Waals surface area contributed by atoms with Crippen molar-refractivity contribution in [3.05, 3.63) is 60.4 Å². The summed E-state index contributed by atoms with van der Waals surface area (Å²) >= 11 is 0. The third-order valence-electron chi connectivity index (χ3n) is 4.17. The minimum atomic E-state index is -3.71. The first-order valence-corrected chi connectivity index (χ1v) is 10.4. The number of aromatic amines is 1. The van der Waals surface area contributed by atoms with E-state index in [4.69, 9.17) is 4.74 Å². The van der Waals surface area contributed by atoms with Gasteiger partial charge < -0.3 is 4.74 Å². The SMILES string of the molecule is CC(C)Oc1ccc(-c2ccc(S(=O)(=O)NC(C)(C)c3cn[nH]n3)cc2)cc1.